The Kier molecular flexibility index (Phi) is 5.63. The third kappa shape index (κ3) is 4.36. The first-order chi connectivity index (χ1) is 8.54. The van der Waals surface area contributed by atoms with Crippen LogP contribution in [0.25, 0.3) is 0 Å². The average molecular weight is 247 g/mol. The summed E-state index contributed by atoms with van der Waals surface area (Å²) in [7, 11) is 0. The molecule has 0 fully saturated rings. The van der Waals surface area contributed by atoms with Crippen LogP contribution in [0.1, 0.15) is 31.9 Å². The Hall–Kier alpha value is -1.57. The van der Waals surface area contributed by atoms with E-state index in [1.165, 1.54) is 0 Å². The van der Waals surface area contributed by atoms with Gasteiger partial charge in [-0.05, 0) is 31.5 Å². The molecule has 0 amide bonds. The van der Waals surface area contributed by atoms with E-state index in [0.29, 0.717) is 31.2 Å². The molecule has 0 aliphatic rings. The molecular formula is C14H21N3O. The smallest absolute Gasteiger partial charge is 0.0917 e. The minimum atomic E-state index is -0.574. The number of nitrogen functional groups attached to an aromatic ring is 1. The van der Waals surface area contributed by atoms with Crippen LogP contribution in [0.3, 0.4) is 0 Å². The van der Waals surface area contributed by atoms with E-state index in [2.05, 4.69) is 24.8 Å². The number of hydrogen-bond acceptors (Lipinski definition) is 4. The molecule has 98 valence electrons. The first kappa shape index (κ1) is 14.5. The summed E-state index contributed by atoms with van der Waals surface area (Å²) < 4.78 is 0. The quantitative estimate of drug-likeness (QED) is 0.753. The van der Waals surface area contributed by atoms with E-state index in [1.807, 2.05) is 12.1 Å². The molecule has 0 saturated carbocycles. The monoisotopic (exact) mass is 247 g/mol. The van der Waals surface area contributed by atoms with E-state index in [-0.39, 0.29) is 0 Å². The molecule has 4 nitrogen and oxygen atoms in total. The van der Waals surface area contributed by atoms with Crippen molar-refractivity contribution < 1.29 is 5.11 Å². The fraction of sp³-hybridized carbons (Fsp3) is 0.500. The normalized spacial score (nSPS) is 12.7. The van der Waals surface area contributed by atoms with Crippen LogP contribution in [0.15, 0.2) is 24.3 Å². The molecule has 1 rings (SSSR count). The molecule has 18 heavy (non-hydrogen) atoms. The molecule has 0 aliphatic carbocycles. The number of hydrogen-bond donors (Lipinski definition) is 2. The Labute approximate surface area is 109 Å². The van der Waals surface area contributed by atoms with E-state index in [1.54, 1.807) is 12.1 Å². The van der Waals surface area contributed by atoms with Crippen molar-refractivity contribution in [2.24, 2.45) is 0 Å². The summed E-state index contributed by atoms with van der Waals surface area (Å²) in [5.74, 6) is 0. The lowest BCUT2D eigenvalue weighted by atomic mass is 10.1. The zero-order valence-electron chi connectivity index (χ0n) is 11.0. The number of anilines is 1. The van der Waals surface area contributed by atoms with Crippen molar-refractivity contribution in [2.75, 3.05) is 18.8 Å². The molecule has 1 aromatic rings. The van der Waals surface area contributed by atoms with Crippen molar-refractivity contribution in [3.8, 4) is 6.07 Å². The maximum absolute atomic E-state index is 10.2. The van der Waals surface area contributed by atoms with Gasteiger partial charge in [0.1, 0.15) is 0 Å². The lowest BCUT2D eigenvalue weighted by Gasteiger charge is -2.28. The lowest BCUT2D eigenvalue weighted by Crippen LogP contribution is -2.35. The minimum absolute atomic E-state index is 0.300. The van der Waals surface area contributed by atoms with Gasteiger partial charge in [-0.15, -0.1) is 0 Å². The average Bonchev–Trinajstić information content (AvgIpc) is 2.33. The van der Waals surface area contributed by atoms with E-state index in [9.17, 15) is 5.11 Å². The first-order valence-corrected chi connectivity index (χ1v) is 6.19. The van der Waals surface area contributed by atoms with E-state index in [4.69, 9.17) is 11.0 Å². The molecule has 0 radical (unpaired) electrons. The van der Waals surface area contributed by atoms with Gasteiger partial charge >= 0.3 is 0 Å². The van der Waals surface area contributed by atoms with Crippen LogP contribution >= 0.6 is 0 Å². The summed E-state index contributed by atoms with van der Waals surface area (Å²) in [6.45, 7) is 5.31. The molecule has 0 bridgehead atoms. The van der Waals surface area contributed by atoms with Crippen LogP contribution in [0.2, 0.25) is 0 Å². The van der Waals surface area contributed by atoms with Gasteiger partial charge in [-0.1, -0.05) is 12.1 Å². The molecule has 0 spiro atoms. The van der Waals surface area contributed by atoms with Crippen molar-refractivity contribution in [2.45, 2.75) is 32.4 Å². The Bertz CT molecular complexity index is 412. The van der Waals surface area contributed by atoms with Crippen LogP contribution in [-0.2, 0) is 0 Å². The fourth-order valence-electron chi connectivity index (χ4n) is 1.85. The van der Waals surface area contributed by atoms with E-state index in [0.717, 1.165) is 5.56 Å². The van der Waals surface area contributed by atoms with Crippen LogP contribution in [0.5, 0.6) is 0 Å². The predicted octanol–water partition coefficient (Wildman–Crippen LogP) is 1.93. The minimum Gasteiger partial charge on any atom is -0.399 e. The third-order valence-corrected chi connectivity index (χ3v) is 2.94. The Morgan fingerprint density at radius 3 is 2.72 bits per heavy atom. The van der Waals surface area contributed by atoms with Crippen LogP contribution in [-0.4, -0.2) is 29.1 Å². The van der Waals surface area contributed by atoms with Crippen molar-refractivity contribution in [3.05, 3.63) is 29.8 Å². The molecule has 0 heterocycles. The van der Waals surface area contributed by atoms with Gasteiger partial charge in [0.05, 0.1) is 12.2 Å². The SMILES string of the molecule is CC(C)N(CCC#N)CC(O)c1cccc(N)c1. The molecule has 0 aliphatic heterocycles. The predicted molar refractivity (Wildman–Crippen MR) is 72.8 cm³/mol. The Balaban J connectivity index is 2.66. The van der Waals surface area contributed by atoms with Gasteiger partial charge in [0.25, 0.3) is 0 Å². The second-order valence-electron chi connectivity index (χ2n) is 4.68. The summed E-state index contributed by atoms with van der Waals surface area (Å²) in [6.07, 6.45) is -0.100. The highest BCUT2D eigenvalue weighted by atomic mass is 16.3. The number of rotatable bonds is 6. The van der Waals surface area contributed by atoms with Gasteiger partial charge in [-0.3, -0.25) is 4.90 Å². The molecule has 0 aromatic heterocycles. The molecule has 4 heteroatoms. The number of nitrogens with two attached hydrogens (primary N) is 1. The lowest BCUT2D eigenvalue weighted by molar-refractivity contribution is 0.0969. The molecule has 1 unspecified atom stereocenters. The molecule has 1 aromatic carbocycles. The number of nitrogens with zero attached hydrogens (tertiary/aromatic N) is 2. The maximum Gasteiger partial charge on any atom is 0.0917 e. The largest absolute Gasteiger partial charge is 0.399 e. The van der Waals surface area contributed by atoms with Crippen LogP contribution < -0.4 is 5.73 Å². The maximum atomic E-state index is 10.2. The van der Waals surface area contributed by atoms with Crippen molar-refractivity contribution in [3.63, 3.8) is 0 Å². The standard InChI is InChI=1S/C14H21N3O/c1-11(2)17(8-4-7-15)10-14(18)12-5-3-6-13(16)9-12/h3,5-6,9,11,14,18H,4,8,10,16H2,1-2H3. The van der Waals surface area contributed by atoms with Gasteiger partial charge in [-0.2, -0.15) is 5.26 Å². The van der Waals surface area contributed by atoms with Crippen molar-refractivity contribution in [1.29, 1.82) is 5.26 Å². The summed E-state index contributed by atoms with van der Waals surface area (Å²) in [6, 6.07) is 9.72. The van der Waals surface area contributed by atoms with E-state index < -0.39 is 6.10 Å². The summed E-state index contributed by atoms with van der Waals surface area (Å²) in [5.41, 5.74) is 7.17. The van der Waals surface area contributed by atoms with Gasteiger partial charge in [-0.25, -0.2) is 0 Å². The van der Waals surface area contributed by atoms with Crippen LogP contribution in [0.4, 0.5) is 5.69 Å². The molecule has 3 N–H and O–H groups in total. The van der Waals surface area contributed by atoms with Gasteiger partial charge in [0, 0.05) is 31.2 Å². The highest BCUT2D eigenvalue weighted by molar-refractivity contribution is 5.41. The van der Waals surface area contributed by atoms with Crippen molar-refractivity contribution >= 4 is 5.69 Å². The Morgan fingerprint density at radius 2 is 2.17 bits per heavy atom. The molecule has 0 saturated heterocycles. The van der Waals surface area contributed by atoms with Crippen LogP contribution in [0, 0.1) is 11.3 Å². The number of nitriles is 1. The summed E-state index contributed by atoms with van der Waals surface area (Å²) in [5, 5.41) is 18.8. The second-order valence-corrected chi connectivity index (χ2v) is 4.68. The number of benzene rings is 1. The first-order valence-electron chi connectivity index (χ1n) is 6.19. The highest BCUT2D eigenvalue weighted by Gasteiger charge is 2.15. The highest BCUT2D eigenvalue weighted by Crippen LogP contribution is 2.18. The molecule has 1 atom stereocenters. The third-order valence-electron chi connectivity index (χ3n) is 2.94. The van der Waals surface area contributed by atoms with Crippen molar-refractivity contribution in [1.82, 2.24) is 4.90 Å². The Morgan fingerprint density at radius 1 is 1.44 bits per heavy atom. The zero-order chi connectivity index (χ0) is 13.5. The van der Waals surface area contributed by atoms with Gasteiger partial charge in [0.2, 0.25) is 0 Å². The number of aliphatic hydroxyl groups excluding tert-OH is 1. The summed E-state index contributed by atoms with van der Waals surface area (Å²) >= 11 is 0. The van der Waals surface area contributed by atoms with Gasteiger partial charge in [0.15, 0.2) is 0 Å². The topological polar surface area (TPSA) is 73.3 Å². The number of aliphatic hydroxyl groups is 1. The van der Waals surface area contributed by atoms with Gasteiger partial charge < -0.3 is 10.8 Å². The second kappa shape index (κ2) is 7.00. The fourth-order valence-corrected chi connectivity index (χ4v) is 1.85. The summed E-state index contributed by atoms with van der Waals surface area (Å²) in [4.78, 5) is 2.09. The zero-order valence-corrected chi connectivity index (χ0v) is 11.0. The molecular weight excluding hydrogens is 226 g/mol. The van der Waals surface area contributed by atoms with E-state index >= 15 is 0 Å².